The van der Waals surface area contributed by atoms with Crippen LogP contribution in [0.4, 0.5) is 8.78 Å². The SMILES string of the molecule is CCNCc1cn[nH]c1-c1ccc(SC(F)F)cc1. The lowest BCUT2D eigenvalue weighted by Gasteiger charge is -2.05. The third-order valence-corrected chi connectivity index (χ3v) is 3.37. The average Bonchev–Trinajstić information content (AvgIpc) is 2.85. The van der Waals surface area contributed by atoms with Crippen LogP contribution in [0.15, 0.2) is 35.4 Å². The molecule has 19 heavy (non-hydrogen) atoms. The van der Waals surface area contributed by atoms with Gasteiger partial charge in [-0.3, -0.25) is 5.10 Å². The molecule has 1 heterocycles. The Labute approximate surface area is 114 Å². The third-order valence-electron chi connectivity index (χ3n) is 2.65. The topological polar surface area (TPSA) is 40.7 Å². The van der Waals surface area contributed by atoms with E-state index < -0.39 is 5.76 Å². The van der Waals surface area contributed by atoms with E-state index in [9.17, 15) is 8.78 Å². The van der Waals surface area contributed by atoms with Crippen LogP contribution in [-0.4, -0.2) is 22.5 Å². The predicted molar refractivity (Wildman–Crippen MR) is 73.3 cm³/mol. The molecule has 0 amide bonds. The van der Waals surface area contributed by atoms with Gasteiger partial charge < -0.3 is 5.32 Å². The minimum Gasteiger partial charge on any atom is -0.313 e. The lowest BCUT2D eigenvalue weighted by Crippen LogP contribution is -2.11. The van der Waals surface area contributed by atoms with Crippen molar-refractivity contribution in [2.75, 3.05) is 6.54 Å². The number of thioether (sulfide) groups is 1. The molecule has 3 nitrogen and oxygen atoms in total. The Bertz CT molecular complexity index is 511. The van der Waals surface area contributed by atoms with Gasteiger partial charge in [-0.15, -0.1) is 0 Å². The smallest absolute Gasteiger partial charge is 0.288 e. The van der Waals surface area contributed by atoms with Crippen molar-refractivity contribution in [3.63, 3.8) is 0 Å². The summed E-state index contributed by atoms with van der Waals surface area (Å²) in [7, 11) is 0. The molecule has 102 valence electrons. The number of halogens is 2. The van der Waals surface area contributed by atoms with E-state index in [1.165, 1.54) is 0 Å². The monoisotopic (exact) mass is 283 g/mol. The molecule has 6 heteroatoms. The van der Waals surface area contributed by atoms with Crippen molar-refractivity contribution in [2.24, 2.45) is 0 Å². The van der Waals surface area contributed by atoms with Crippen molar-refractivity contribution in [3.8, 4) is 11.3 Å². The largest absolute Gasteiger partial charge is 0.313 e. The zero-order valence-electron chi connectivity index (χ0n) is 10.5. The first-order valence-corrected chi connectivity index (χ1v) is 6.87. The van der Waals surface area contributed by atoms with Gasteiger partial charge in [-0.1, -0.05) is 30.8 Å². The Morgan fingerprint density at radius 3 is 2.68 bits per heavy atom. The minimum absolute atomic E-state index is 0.551. The van der Waals surface area contributed by atoms with Gasteiger partial charge in [0.15, 0.2) is 0 Å². The summed E-state index contributed by atoms with van der Waals surface area (Å²) < 4.78 is 24.5. The van der Waals surface area contributed by atoms with Crippen LogP contribution in [0.25, 0.3) is 11.3 Å². The Morgan fingerprint density at radius 2 is 2.05 bits per heavy atom. The quantitative estimate of drug-likeness (QED) is 0.797. The summed E-state index contributed by atoms with van der Waals surface area (Å²) in [5.41, 5.74) is 2.94. The second-order valence-corrected chi connectivity index (χ2v) is 5.02. The van der Waals surface area contributed by atoms with Crippen molar-refractivity contribution in [1.29, 1.82) is 0 Å². The molecule has 1 aromatic heterocycles. The van der Waals surface area contributed by atoms with Gasteiger partial charge in [0.2, 0.25) is 0 Å². The standard InChI is InChI=1S/C13H15F2N3S/c1-2-16-7-10-8-17-18-12(10)9-3-5-11(6-4-9)19-13(14)15/h3-6,8,13,16H,2,7H2,1H3,(H,17,18). The van der Waals surface area contributed by atoms with Crippen molar-refractivity contribution in [2.45, 2.75) is 24.1 Å². The predicted octanol–water partition coefficient (Wildman–Crippen LogP) is 3.50. The first-order chi connectivity index (χ1) is 9.20. The van der Waals surface area contributed by atoms with Crippen LogP contribution in [-0.2, 0) is 6.54 Å². The fraction of sp³-hybridized carbons (Fsp3) is 0.308. The van der Waals surface area contributed by atoms with Gasteiger partial charge in [0.05, 0.1) is 11.9 Å². The molecule has 2 N–H and O–H groups in total. The Kier molecular flexibility index (Phi) is 4.93. The minimum atomic E-state index is -2.39. The Morgan fingerprint density at radius 1 is 1.32 bits per heavy atom. The molecule has 0 bridgehead atoms. The summed E-state index contributed by atoms with van der Waals surface area (Å²) >= 11 is 0.551. The Balaban J connectivity index is 2.15. The number of alkyl halides is 2. The maximum absolute atomic E-state index is 12.2. The van der Waals surface area contributed by atoms with Gasteiger partial charge in [0.25, 0.3) is 5.76 Å². The van der Waals surface area contributed by atoms with Crippen LogP contribution in [0, 0.1) is 0 Å². The number of aromatic amines is 1. The van der Waals surface area contributed by atoms with Crippen LogP contribution in [0.3, 0.4) is 0 Å². The summed E-state index contributed by atoms with van der Waals surface area (Å²) in [5, 5.41) is 10.2. The molecule has 0 spiro atoms. The van der Waals surface area contributed by atoms with Gasteiger partial charge >= 0.3 is 0 Å². The first kappa shape index (κ1) is 14.0. The van der Waals surface area contributed by atoms with Gasteiger partial charge in [0, 0.05) is 17.0 Å². The maximum atomic E-state index is 12.2. The van der Waals surface area contributed by atoms with E-state index in [1.807, 2.05) is 19.1 Å². The second kappa shape index (κ2) is 6.68. The Hall–Kier alpha value is -1.40. The summed E-state index contributed by atoms with van der Waals surface area (Å²) in [6.45, 7) is 3.65. The van der Waals surface area contributed by atoms with Gasteiger partial charge in [-0.2, -0.15) is 13.9 Å². The second-order valence-electron chi connectivity index (χ2n) is 3.95. The van der Waals surface area contributed by atoms with Crippen LogP contribution in [0.2, 0.25) is 0 Å². The van der Waals surface area contributed by atoms with E-state index in [1.54, 1.807) is 18.3 Å². The third kappa shape index (κ3) is 3.78. The highest BCUT2D eigenvalue weighted by atomic mass is 32.2. The lowest BCUT2D eigenvalue weighted by atomic mass is 10.1. The molecule has 0 fully saturated rings. The molecule has 0 unspecified atom stereocenters. The number of aromatic nitrogens is 2. The van der Waals surface area contributed by atoms with E-state index in [-0.39, 0.29) is 0 Å². The number of hydrogen-bond donors (Lipinski definition) is 2. The highest BCUT2D eigenvalue weighted by Crippen LogP contribution is 2.28. The molecule has 1 aromatic carbocycles. The average molecular weight is 283 g/mol. The number of nitrogens with one attached hydrogen (secondary N) is 2. The molecule has 0 aliphatic carbocycles. The molecule has 0 radical (unpaired) electrons. The zero-order chi connectivity index (χ0) is 13.7. The maximum Gasteiger partial charge on any atom is 0.288 e. The fourth-order valence-electron chi connectivity index (χ4n) is 1.76. The molecule has 2 rings (SSSR count). The number of benzene rings is 1. The molecular weight excluding hydrogens is 268 g/mol. The van der Waals surface area contributed by atoms with Crippen molar-refractivity contribution >= 4 is 11.8 Å². The van der Waals surface area contributed by atoms with Crippen molar-refractivity contribution in [1.82, 2.24) is 15.5 Å². The fourth-order valence-corrected chi connectivity index (χ4v) is 2.26. The lowest BCUT2D eigenvalue weighted by molar-refractivity contribution is 0.252. The van der Waals surface area contributed by atoms with Gasteiger partial charge in [0.1, 0.15) is 0 Å². The normalized spacial score (nSPS) is 11.2. The molecule has 0 atom stereocenters. The molecule has 0 aliphatic heterocycles. The summed E-state index contributed by atoms with van der Waals surface area (Å²) in [5.74, 6) is -2.39. The van der Waals surface area contributed by atoms with Crippen LogP contribution in [0.1, 0.15) is 12.5 Å². The molecule has 0 saturated carbocycles. The summed E-state index contributed by atoms with van der Waals surface area (Å²) in [6, 6.07) is 7.05. The van der Waals surface area contributed by atoms with Crippen LogP contribution >= 0.6 is 11.8 Å². The van der Waals surface area contributed by atoms with E-state index in [2.05, 4.69) is 15.5 Å². The number of rotatable bonds is 6. The van der Waals surface area contributed by atoms with Gasteiger partial charge in [-0.25, -0.2) is 0 Å². The zero-order valence-corrected chi connectivity index (χ0v) is 11.3. The summed E-state index contributed by atoms with van der Waals surface area (Å²) in [4.78, 5) is 0.562. The van der Waals surface area contributed by atoms with E-state index >= 15 is 0 Å². The number of nitrogens with zero attached hydrogens (tertiary/aromatic N) is 1. The van der Waals surface area contributed by atoms with E-state index in [0.29, 0.717) is 16.7 Å². The first-order valence-electron chi connectivity index (χ1n) is 5.99. The van der Waals surface area contributed by atoms with E-state index in [0.717, 1.165) is 29.9 Å². The van der Waals surface area contributed by atoms with Crippen LogP contribution < -0.4 is 5.32 Å². The highest BCUT2D eigenvalue weighted by molar-refractivity contribution is 7.99. The van der Waals surface area contributed by atoms with Crippen molar-refractivity contribution in [3.05, 3.63) is 36.0 Å². The number of H-pyrrole nitrogens is 1. The molecule has 0 saturated heterocycles. The molecule has 0 aliphatic rings. The highest BCUT2D eigenvalue weighted by Gasteiger charge is 2.09. The summed E-state index contributed by atoms with van der Waals surface area (Å²) in [6.07, 6.45) is 1.78. The van der Waals surface area contributed by atoms with Gasteiger partial charge in [-0.05, 0) is 24.2 Å². The van der Waals surface area contributed by atoms with Crippen LogP contribution in [0.5, 0.6) is 0 Å². The van der Waals surface area contributed by atoms with Crippen molar-refractivity contribution < 1.29 is 8.78 Å². The van der Waals surface area contributed by atoms with E-state index in [4.69, 9.17) is 0 Å². The number of hydrogen-bond acceptors (Lipinski definition) is 3. The molecular formula is C13H15F2N3S. The molecule has 2 aromatic rings.